The van der Waals surface area contributed by atoms with Crippen molar-refractivity contribution in [3.05, 3.63) is 70.8 Å². The SMILES string of the molecule is C[C@H]1C2c3ccccc3C(c3ccccc32)[C@@H]1C(=O)Cl. The minimum absolute atomic E-state index is 0.105. The highest BCUT2D eigenvalue weighted by atomic mass is 35.5. The van der Waals surface area contributed by atoms with Crippen LogP contribution < -0.4 is 0 Å². The van der Waals surface area contributed by atoms with Gasteiger partial charge in [-0.15, -0.1) is 0 Å². The predicted molar refractivity (Wildman–Crippen MR) is 80.1 cm³/mol. The van der Waals surface area contributed by atoms with Crippen molar-refractivity contribution in [1.29, 1.82) is 0 Å². The standard InChI is InChI=1S/C18H15ClO/c1-10-15-11-6-2-4-8-13(11)17(16(10)18(19)20)14-9-5-3-7-12(14)15/h2-10,15-17H,1H3/t10-,15?,16+,17?/m0/s1. The summed E-state index contributed by atoms with van der Waals surface area (Å²) in [6.07, 6.45) is 0. The van der Waals surface area contributed by atoms with E-state index in [0.29, 0.717) is 5.92 Å². The molecule has 0 amide bonds. The maximum Gasteiger partial charge on any atom is 0.225 e. The van der Waals surface area contributed by atoms with Crippen molar-refractivity contribution in [2.75, 3.05) is 0 Å². The molecule has 5 rings (SSSR count). The van der Waals surface area contributed by atoms with Crippen LogP contribution in [-0.2, 0) is 4.79 Å². The third-order valence-electron chi connectivity index (χ3n) is 5.05. The Morgan fingerprint density at radius 1 is 0.850 bits per heavy atom. The van der Waals surface area contributed by atoms with Gasteiger partial charge in [0.15, 0.2) is 0 Å². The zero-order valence-corrected chi connectivity index (χ0v) is 12.0. The molecule has 1 nitrogen and oxygen atoms in total. The van der Waals surface area contributed by atoms with Gasteiger partial charge in [-0.1, -0.05) is 55.5 Å². The lowest BCUT2D eigenvalue weighted by Crippen LogP contribution is -2.41. The van der Waals surface area contributed by atoms with Gasteiger partial charge < -0.3 is 0 Å². The highest BCUT2D eigenvalue weighted by molar-refractivity contribution is 6.64. The molecule has 0 unspecified atom stereocenters. The van der Waals surface area contributed by atoms with E-state index < -0.39 is 0 Å². The molecule has 2 bridgehead atoms. The Hall–Kier alpha value is -1.60. The minimum Gasteiger partial charge on any atom is -0.281 e. The minimum atomic E-state index is -0.198. The molecule has 2 aromatic carbocycles. The number of hydrogen-bond donors (Lipinski definition) is 0. The predicted octanol–water partition coefficient (Wildman–Crippen LogP) is 4.30. The topological polar surface area (TPSA) is 17.1 Å². The van der Waals surface area contributed by atoms with Crippen LogP contribution in [0.3, 0.4) is 0 Å². The molecule has 0 heterocycles. The molecule has 0 saturated heterocycles. The smallest absolute Gasteiger partial charge is 0.225 e. The lowest BCUT2D eigenvalue weighted by molar-refractivity contribution is -0.117. The van der Waals surface area contributed by atoms with Gasteiger partial charge in [-0.05, 0) is 39.8 Å². The largest absolute Gasteiger partial charge is 0.281 e. The lowest BCUT2D eigenvalue weighted by atomic mass is 9.55. The first kappa shape index (κ1) is 12.2. The maximum atomic E-state index is 12.0. The molecule has 0 aliphatic heterocycles. The average molecular weight is 283 g/mol. The summed E-state index contributed by atoms with van der Waals surface area (Å²) in [5, 5.41) is -0.198. The Kier molecular flexibility index (Phi) is 2.55. The van der Waals surface area contributed by atoms with Crippen molar-refractivity contribution in [2.45, 2.75) is 18.8 Å². The molecule has 0 spiro atoms. The quantitative estimate of drug-likeness (QED) is 0.713. The fourth-order valence-electron chi connectivity index (χ4n) is 4.29. The molecule has 0 N–H and O–H groups in total. The van der Waals surface area contributed by atoms with Crippen molar-refractivity contribution in [3.63, 3.8) is 0 Å². The van der Waals surface area contributed by atoms with E-state index >= 15 is 0 Å². The van der Waals surface area contributed by atoms with E-state index in [0.717, 1.165) is 0 Å². The second-order valence-corrected chi connectivity index (χ2v) is 6.27. The maximum absolute atomic E-state index is 12.0. The number of carbonyl (C=O) groups is 1. The third-order valence-corrected chi connectivity index (χ3v) is 5.30. The first-order valence-corrected chi connectivity index (χ1v) is 7.45. The average Bonchev–Trinajstić information content (AvgIpc) is 2.47. The van der Waals surface area contributed by atoms with Crippen molar-refractivity contribution in [3.8, 4) is 0 Å². The molecule has 2 aromatic rings. The zero-order chi connectivity index (χ0) is 13.9. The monoisotopic (exact) mass is 282 g/mol. The molecular weight excluding hydrogens is 268 g/mol. The summed E-state index contributed by atoms with van der Waals surface area (Å²) in [6.45, 7) is 2.16. The first-order chi connectivity index (χ1) is 9.70. The molecule has 2 atom stereocenters. The van der Waals surface area contributed by atoms with E-state index in [4.69, 9.17) is 11.6 Å². The molecule has 100 valence electrons. The van der Waals surface area contributed by atoms with Gasteiger partial charge >= 0.3 is 0 Å². The van der Waals surface area contributed by atoms with Gasteiger partial charge in [-0.2, -0.15) is 0 Å². The number of halogens is 1. The van der Waals surface area contributed by atoms with E-state index in [1.165, 1.54) is 22.3 Å². The summed E-state index contributed by atoms with van der Waals surface area (Å²) in [5.74, 6) is 0.564. The molecule has 0 aromatic heterocycles. The van der Waals surface area contributed by atoms with Crippen molar-refractivity contribution < 1.29 is 4.79 Å². The summed E-state index contributed by atoms with van der Waals surface area (Å²) in [4.78, 5) is 12.0. The van der Waals surface area contributed by atoms with Gasteiger partial charge in [0, 0.05) is 17.8 Å². The Morgan fingerprint density at radius 2 is 1.25 bits per heavy atom. The second-order valence-electron chi connectivity index (χ2n) is 5.90. The Bertz CT molecular complexity index is 659. The molecule has 0 saturated carbocycles. The second kappa shape index (κ2) is 4.20. The fraction of sp³-hybridized carbons (Fsp3) is 0.278. The van der Waals surface area contributed by atoms with Gasteiger partial charge in [0.25, 0.3) is 0 Å². The third kappa shape index (κ3) is 1.42. The van der Waals surface area contributed by atoms with Gasteiger partial charge in [0.2, 0.25) is 5.24 Å². The van der Waals surface area contributed by atoms with E-state index in [1.54, 1.807) is 0 Å². The van der Waals surface area contributed by atoms with Gasteiger partial charge in [0.05, 0.1) is 0 Å². The summed E-state index contributed by atoms with van der Waals surface area (Å²) in [5.41, 5.74) is 5.32. The molecule has 2 heteroatoms. The van der Waals surface area contributed by atoms with Gasteiger partial charge in [-0.25, -0.2) is 0 Å². The van der Waals surface area contributed by atoms with Crippen molar-refractivity contribution in [1.82, 2.24) is 0 Å². The van der Waals surface area contributed by atoms with Crippen molar-refractivity contribution in [2.24, 2.45) is 11.8 Å². The molecule has 0 radical (unpaired) electrons. The summed E-state index contributed by atoms with van der Waals surface area (Å²) in [7, 11) is 0. The van der Waals surface area contributed by atoms with E-state index in [9.17, 15) is 4.79 Å². The van der Waals surface area contributed by atoms with Crippen LogP contribution in [-0.4, -0.2) is 5.24 Å². The van der Waals surface area contributed by atoms with E-state index in [-0.39, 0.29) is 23.0 Å². The molecular formula is C18H15ClO. The molecule has 0 fully saturated rings. The fourth-order valence-corrected chi connectivity index (χ4v) is 4.62. The number of carbonyl (C=O) groups excluding carboxylic acids is 1. The van der Waals surface area contributed by atoms with E-state index in [1.807, 2.05) is 0 Å². The highest BCUT2D eigenvalue weighted by Gasteiger charge is 2.49. The van der Waals surface area contributed by atoms with Crippen LogP contribution in [0.1, 0.15) is 41.0 Å². The normalized spacial score (nSPS) is 29.7. The Balaban J connectivity index is 2.04. The van der Waals surface area contributed by atoms with Crippen LogP contribution in [0.2, 0.25) is 0 Å². The highest BCUT2D eigenvalue weighted by Crippen LogP contribution is 2.58. The number of rotatable bonds is 1. The number of benzene rings is 2. The van der Waals surface area contributed by atoms with Crippen LogP contribution in [0.4, 0.5) is 0 Å². The first-order valence-electron chi connectivity index (χ1n) is 7.07. The zero-order valence-electron chi connectivity index (χ0n) is 11.2. The van der Waals surface area contributed by atoms with Crippen LogP contribution >= 0.6 is 11.6 Å². The Labute approximate surface area is 123 Å². The Morgan fingerprint density at radius 3 is 1.65 bits per heavy atom. The summed E-state index contributed by atoms with van der Waals surface area (Å²) >= 11 is 5.94. The number of hydrogen-bond acceptors (Lipinski definition) is 1. The van der Waals surface area contributed by atoms with Crippen LogP contribution in [0, 0.1) is 11.8 Å². The van der Waals surface area contributed by atoms with Gasteiger partial charge in [0.1, 0.15) is 0 Å². The van der Waals surface area contributed by atoms with Crippen LogP contribution in [0.5, 0.6) is 0 Å². The van der Waals surface area contributed by atoms with E-state index in [2.05, 4.69) is 55.5 Å². The number of fused-ring (bicyclic) bond motifs is 1. The van der Waals surface area contributed by atoms with Crippen LogP contribution in [0.15, 0.2) is 48.5 Å². The molecule has 20 heavy (non-hydrogen) atoms. The molecule has 3 aliphatic rings. The van der Waals surface area contributed by atoms with Crippen molar-refractivity contribution >= 4 is 16.8 Å². The van der Waals surface area contributed by atoms with Crippen LogP contribution in [0.25, 0.3) is 0 Å². The summed E-state index contributed by atoms with van der Waals surface area (Å²) in [6, 6.07) is 17.0. The van der Waals surface area contributed by atoms with Gasteiger partial charge in [-0.3, -0.25) is 4.79 Å². The lowest BCUT2D eigenvalue weighted by Gasteiger charge is -2.48. The molecule has 3 aliphatic carbocycles. The summed E-state index contributed by atoms with van der Waals surface area (Å²) < 4.78 is 0.